The van der Waals surface area contributed by atoms with Crippen molar-refractivity contribution in [2.75, 3.05) is 33.3 Å². The van der Waals surface area contributed by atoms with Crippen LogP contribution in [0.4, 0.5) is 0 Å². The van der Waals surface area contributed by atoms with Gasteiger partial charge in [0, 0.05) is 24.5 Å². The van der Waals surface area contributed by atoms with Crippen molar-refractivity contribution in [2.24, 2.45) is 0 Å². The first-order chi connectivity index (χ1) is 10.8. The van der Waals surface area contributed by atoms with Crippen LogP contribution in [0.3, 0.4) is 0 Å². The van der Waals surface area contributed by atoms with Crippen LogP contribution in [0.25, 0.3) is 0 Å². The predicted molar refractivity (Wildman–Crippen MR) is 93.0 cm³/mol. The number of hydrogen-bond donors (Lipinski definition) is 1. The molecule has 2 aromatic rings. The van der Waals surface area contributed by atoms with Crippen LogP contribution in [0.15, 0.2) is 35.7 Å². The summed E-state index contributed by atoms with van der Waals surface area (Å²) in [6, 6.07) is 11.1. The highest BCUT2D eigenvalue weighted by molar-refractivity contribution is 7.10. The Bertz CT molecular complexity index is 603. The van der Waals surface area contributed by atoms with E-state index in [1.807, 2.05) is 17.4 Å². The fourth-order valence-corrected chi connectivity index (χ4v) is 4.22. The molecule has 0 amide bonds. The van der Waals surface area contributed by atoms with E-state index < -0.39 is 0 Å². The van der Waals surface area contributed by atoms with Gasteiger partial charge in [0.15, 0.2) is 0 Å². The number of thiophene rings is 1. The maximum Gasteiger partial charge on any atom is 0.119 e. The number of ether oxygens (including phenoxy) is 1. The topological polar surface area (TPSA) is 24.5 Å². The minimum atomic E-state index is 0.329. The molecule has 1 aromatic heterocycles. The molecule has 3 nitrogen and oxygen atoms in total. The lowest BCUT2D eigenvalue weighted by atomic mass is 10.0. The van der Waals surface area contributed by atoms with Crippen LogP contribution in [0.5, 0.6) is 5.75 Å². The Labute approximate surface area is 136 Å². The van der Waals surface area contributed by atoms with Crippen LogP contribution in [-0.4, -0.2) is 38.2 Å². The van der Waals surface area contributed by atoms with E-state index in [0.717, 1.165) is 31.9 Å². The number of methoxy groups -OCH3 is 1. The lowest BCUT2D eigenvalue weighted by Gasteiger charge is -2.31. The van der Waals surface area contributed by atoms with Crippen molar-refractivity contribution in [3.63, 3.8) is 0 Å². The van der Waals surface area contributed by atoms with Gasteiger partial charge >= 0.3 is 0 Å². The first-order valence-corrected chi connectivity index (χ1v) is 8.80. The largest absolute Gasteiger partial charge is 0.497 e. The first-order valence-electron chi connectivity index (χ1n) is 7.92. The Kier molecular flexibility index (Phi) is 5.13. The lowest BCUT2D eigenvalue weighted by Crippen LogP contribution is -2.32. The van der Waals surface area contributed by atoms with E-state index in [4.69, 9.17) is 4.74 Å². The van der Waals surface area contributed by atoms with E-state index in [1.54, 1.807) is 7.11 Å². The van der Waals surface area contributed by atoms with Crippen molar-refractivity contribution in [1.29, 1.82) is 0 Å². The molecule has 1 aliphatic rings. The fraction of sp³-hybridized carbons (Fsp3) is 0.444. The zero-order chi connectivity index (χ0) is 15.4. The van der Waals surface area contributed by atoms with Crippen LogP contribution in [-0.2, 0) is 0 Å². The van der Waals surface area contributed by atoms with Gasteiger partial charge in [-0.15, -0.1) is 11.3 Å². The Morgan fingerprint density at radius 1 is 1.23 bits per heavy atom. The fourth-order valence-electron chi connectivity index (χ4n) is 3.13. The van der Waals surface area contributed by atoms with E-state index in [0.29, 0.717) is 6.04 Å². The Morgan fingerprint density at radius 3 is 2.91 bits per heavy atom. The summed E-state index contributed by atoms with van der Waals surface area (Å²) in [4.78, 5) is 4.06. The summed E-state index contributed by atoms with van der Waals surface area (Å²) >= 11 is 1.86. The van der Waals surface area contributed by atoms with Gasteiger partial charge in [0.05, 0.1) is 13.2 Å². The number of hydrogen-bond acceptors (Lipinski definition) is 4. The van der Waals surface area contributed by atoms with Crippen LogP contribution in [0.2, 0.25) is 0 Å². The van der Waals surface area contributed by atoms with E-state index in [1.165, 1.54) is 22.4 Å². The third-order valence-corrected chi connectivity index (χ3v) is 5.37. The second kappa shape index (κ2) is 7.27. The molecule has 22 heavy (non-hydrogen) atoms. The van der Waals surface area contributed by atoms with Crippen LogP contribution in [0, 0.1) is 6.92 Å². The summed E-state index contributed by atoms with van der Waals surface area (Å²) in [5, 5.41) is 5.71. The highest BCUT2D eigenvalue weighted by atomic mass is 32.1. The van der Waals surface area contributed by atoms with E-state index in [-0.39, 0.29) is 0 Å². The van der Waals surface area contributed by atoms with Gasteiger partial charge in [-0.3, -0.25) is 4.90 Å². The summed E-state index contributed by atoms with van der Waals surface area (Å²) in [6.07, 6.45) is 1.20. The molecule has 1 unspecified atom stereocenters. The molecule has 3 rings (SSSR count). The van der Waals surface area contributed by atoms with E-state index >= 15 is 0 Å². The van der Waals surface area contributed by atoms with Crippen molar-refractivity contribution in [3.8, 4) is 5.75 Å². The van der Waals surface area contributed by atoms with Crippen molar-refractivity contribution in [1.82, 2.24) is 10.2 Å². The highest BCUT2D eigenvalue weighted by Gasteiger charge is 2.25. The molecule has 1 aliphatic heterocycles. The highest BCUT2D eigenvalue weighted by Crippen LogP contribution is 2.35. The summed E-state index contributed by atoms with van der Waals surface area (Å²) in [6.45, 7) is 6.61. The molecule has 0 bridgehead atoms. The standard InChI is InChI=1S/C18H24N2OS/c1-14-7-12-22-18(14)17(20-10-4-8-19-9-11-20)15-5-3-6-16(13-15)21-2/h3,5-7,12-13,17,19H,4,8-11H2,1-2H3. The van der Waals surface area contributed by atoms with Gasteiger partial charge in [-0.1, -0.05) is 12.1 Å². The van der Waals surface area contributed by atoms with Crippen LogP contribution in [0.1, 0.15) is 28.5 Å². The molecule has 0 aliphatic carbocycles. The number of nitrogens with one attached hydrogen (secondary N) is 1. The van der Waals surface area contributed by atoms with Gasteiger partial charge < -0.3 is 10.1 Å². The molecule has 1 N–H and O–H groups in total. The average molecular weight is 316 g/mol. The number of nitrogens with zero attached hydrogens (tertiary/aromatic N) is 1. The van der Waals surface area contributed by atoms with Crippen molar-refractivity contribution >= 4 is 11.3 Å². The molecule has 1 aromatic carbocycles. The summed E-state index contributed by atoms with van der Waals surface area (Å²) < 4.78 is 5.44. The van der Waals surface area contributed by atoms with E-state index in [2.05, 4.69) is 46.8 Å². The Morgan fingerprint density at radius 2 is 2.14 bits per heavy atom. The monoisotopic (exact) mass is 316 g/mol. The minimum absolute atomic E-state index is 0.329. The molecular weight excluding hydrogens is 292 g/mol. The predicted octanol–water partition coefficient (Wildman–Crippen LogP) is 3.45. The Balaban J connectivity index is 2.00. The van der Waals surface area contributed by atoms with Gasteiger partial charge in [0.2, 0.25) is 0 Å². The van der Waals surface area contributed by atoms with Gasteiger partial charge in [-0.25, -0.2) is 0 Å². The maximum absolute atomic E-state index is 5.44. The summed E-state index contributed by atoms with van der Waals surface area (Å²) in [5.74, 6) is 0.935. The number of aryl methyl sites for hydroxylation is 1. The maximum atomic E-state index is 5.44. The minimum Gasteiger partial charge on any atom is -0.497 e. The molecular formula is C18H24N2OS. The average Bonchev–Trinajstić information content (AvgIpc) is 2.80. The smallest absolute Gasteiger partial charge is 0.119 e. The second-order valence-corrected chi connectivity index (χ2v) is 6.73. The molecule has 0 saturated carbocycles. The molecule has 118 valence electrons. The molecule has 0 spiro atoms. The lowest BCUT2D eigenvalue weighted by molar-refractivity contribution is 0.243. The molecule has 4 heteroatoms. The molecule has 2 heterocycles. The third kappa shape index (κ3) is 3.35. The van der Waals surface area contributed by atoms with Crippen molar-refractivity contribution in [3.05, 3.63) is 51.7 Å². The molecule has 1 fully saturated rings. The normalized spacial score (nSPS) is 17.9. The number of benzene rings is 1. The zero-order valence-corrected chi connectivity index (χ0v) is 14.2. The van der Waals surface area contributed by atoms with E-state index in [9.17, 15) is 0 Å². The molecule has 0 radical (unpaired) electrons. The van der Waals surface area contributed by atoms with Gasteiger partial charge in [0.25, 0.3) is 0 Å². The molecule has 1 saturated heterocycles. The number of rotatable bonds is 4. The van der Waals surface area contributed by atoms with Gasteiger partial charge in [0.1, 0.15) is 5.75 Å². The second-order valence-electron chi connectivity index (χ2n) is 5.79. The van der Waals surface area contributed by atoms with Gasteiger partial charge in [-0.2, -0.15) is 0 Å². The SMILES string of the molecule is COc1cccc(C(c2sccc2C)N2CCCNCC2)c1. The Hall–Kier alpha value is -1.36. The van der Waals surface area contributed by atoms with Gasteiger partial charge in [-0.05, 0) is 54.6 Å². The zero-order valence-electron chi connectivity index (χ0n) is 13.3. The third-order valence-electron chi connectivity index (χ3n) is 4.30. The summed E-state index contributed by atoms with van der Waals surface area (Å²) in [5.41, 5.74) is 2.71. The first kappa shape index (κ1) is 15.5. The summed E-state index contributed by atoms with van der Waals surface area (Å²) in [7, 11) is 1.74. The quantitative estimate of drug-likeness (QED) is 0.935. The van der Waals surface area contributed by atoms with Crippen molar-refractivity contribution in [2.45, 2.75) is 19.4 Å². The van der Waals surface area contributed by atoms with Crippen molar-refractivity contribution < 1.29 is 4.74 Å². The van der Waals surface area contributed by atoms with Crippen LogP contribution < -0.4 is 10.1 Å². The van der Waals surface area contributed by atoms with Crippen LogP contribution >= 0.6 is 11.3 Å². The molecule has 1 atom stereocenters.